The Bertz CT molecular complexity index is 553. The van der Waals surface area contributed by atoms with E-state index < -0.39 is 0 Å². The topological polar surface area (TPSA) is 80.7 Å². The molecule has 0 aliphatic rings. The lowest BCUT2D eigenvalue weighted by molar-refractivity contribution is 0.309. The molecule has 2 rings (SSSR count). The van der Waals surface area contributed by atoms with E-state index in [1.807, 2.05) is 18.2 Å². The Morgan fingerprint density at radius 3 is 2.65 bits per heavy atom. The van der Waals surface area contributed by atoms with Gasteiger partial charge in [0.1, 0.15) is 11.4 Å². The number of nitrogens with two attached hydrogens (primary N) is 1. The molecule has 0 saturated carbocycles. The molecular weight excluding hydrogens is 254 g/mol. The second kappa shape index (κ2) is 7.13. The summed E-state index contributed by atoms with van der Waals surface area (Å²) in [4.78, 5) is 4.05. The zero-order valence-corrected chi connectivity index (χ0v) is 11.1. The number of aryl methyl sites for hydroxylation is 1. The van der Waals surface area contributed by atoms with Crippen LogP contribution in [0.25, 0.3) is 0 Å². The fourth-order valence-electron chi connectivity index (χ4n) is 1.78. The maximum atomic E-state index is 8.53. The first-order chi connectivity index (χ1) is 9.79. The van der Waals surface area contributed by atoms with Crippen LogP contribution < -0.4 is 10.5 Å². The molecule has 1 aromatic heterocycles. The summed E-state index contributed by atoms with van der Waals surface area (Å²) in [6.45, 7) is 0.624. The molecule has 0 bridgehead atoms. The van der Waals surface area contributed by atoms with Gasteiger partial charge in [0, 0.05) is 0 Å². The highest BCUT2D eigenvalue weighted by Gasteiger charge is 2.01. The molecule has 1 aromatic carbocycles. The summed E-state index contributed by atoms with van der Waals surface area (Å²) < 4.78 is 5.59. The molecule has 3 N–H and O–H groups in total. The van der Waals surface area contributed by atoms with Gasteiger partial charge in [0.05, 0.1) is 12.8 Å². The molecule has 0 aliphatic heterocycles. The Morgan fingerprint density at radius 2 is 2.00 bits per heavy atom. The minimum Gasteiger partial charge on any atom is -0.492 e. The van der Waals surface area contributed by atoms with E-state index in [2.05, 4.69) is 22.3 Å². The Hall–Kier alpha value is -2.56. The molecule has 20 heavy (non-hydrogen) atoms. The normalized spacial score (nSPS) is 11.3. The van der Waals surface area contributed by atoms with Crippen molar-refractivity contribution in [2.75, 3.05) is 6.61 Å². The highest BCUT2D eigenvalue weighted by molar-refractivity contribution is 5.95. The number of rotatable bonds is 6. The van der Waals surface area contributed by atoms with Crippen LogP contribution in [0.2, 0.25) is 0 Å². The molecule has 1 heterocycles. The second-order valence-electron chi connectivity index (χ2n) is 4.30. The lowest BCUT2D eigenvalue weighted by Gasteiger charge is -2.06. The molecule has 0 fully saturated rings. The van der Waals surface area contributed by atoms with Gasteiger partial charge in [0.15, 0.2) is 5.84 Å². The smallest absolute Gasteiger partial charge is 0.188 e. The van der Waals surface area contributed by atoms with Crippen molar-refractivity contribution < 1.29 is 9.94 Å². The van der Waals surface area contributed by atoms with Crippen molar-refractivity contribution in [1.82, 2.24) is 4.98 Å². The van der Waals surface area contributed by atoms with E-state index in [1.165, 1.54) is 5.56 Å². The van der Waals surface area contributed by atoms with Gasteiger partial charge in [0.2, 0.25) is 0 Å². The highest BCUT2D eigenvalue weighted by atomic mass is 16.5. The average Bonchev–Trinajstić information content (AvgIpc) is 2.52. The van der Waals surface area contributed by atoms with Crippen LogP contribution in [0, 0.1) is 0 Å². The summed E-state index contributed by atoms with van der Waals surface area (Å²) in [5, 5.41) is 11.4. The third-order valence-corrected chi connectivity index (χ3v) is 2.83. The molecule has 5 heteroatoms. The minimum atomic E-state index is -0.0133. The number of ether oxygens (including phenoxy) is 1. The lowest BCUT2D eigenvalue weighted by atomic mass is 10.1. The quantitative estimate of drug-likeness (QED) is 0.277. The lowest BCUT2D eigenvalue weighted by Crippen LogP contribution is -2.14. The third kappa shape index (κ3) is 3.98. The van der Waals surface area contributed by atoms with Gasteiger partial charge in [0.25, 0.3) is 0 Å². The van der Waals surface area contributed by atoms with Crippen molar-refractivity contribution in [3.63, 3.8) is 0 Å². The number of benzene rings is 1. The number of aromatic nitrogens is 1. The van der Waals surface area contributed by atoms with E-state index in [9.17, 15) is 0 Å². The van der Waals surface area contributed by atoms with E-state index in [0.29, 0.717) is 18.1 Å². The number of nitrogens with zero attached hydrogens (tertiary/aromatic N) is 2. The van der Waals surface area contributed by atoms with Gasteiger partial charge in [-0.05, 0) is 30.5 Å². The molecule has 2 aromatic rings. The molecule has 0 unspecified atom stereocenters. The summed E-state index contributed by atoms with van der Waals surface area (Å²) in [6.07, 6.45) is 3.48. The van der Waals surface area contributed by atoms with Crippen molar-refractivity contribution in [1.29, 1.82) is 0 Å². The molecule has 5 nitrogen and oxygen atoms in total. The van der Waals surface area contributed by atoms with Crippen molar-refractivity contribution in [2.24, 2.45) is 10.9 Å². The molecule has 0 amide bonds. The fraction of sp³-hybridized carbons (Fsp3) is 0.200. The van der Waals surface area contributed by atoms with Crippen LogP contribution in [0.15, 0.2) is 53.8 Å². The zero-order chi connectivity index (χ0) is 14.2. The van der Waals surface area contributed by atoms with E-state index in [0.717, 1.165) is 12.8 Å². The van der Waals surface area contributed by atoms with Gasteiger partial charge in [-0.15, -0.1) is 0 Å². The number of hydrogen-bond donors (Lipinski definition) is 2. The van der Waals surface area contributed by atoms with Crippen molar-refractivity contribution in [3.05, 3.63) is 59.9 Å². The van der Waals surface area contributed by atoms with Gasteiger partial charge < -0.3 is 15.7 Å². The monoisotopic (exact) mass is 271 g/mol. The first-order valence-corrected chi connectivity index (χ1v) is 6.40. The van der Waals surface area contributed by atoms with Crippen LogP contribution in [0.4, 0.5) is 0 Å². The maximum Gasteiger partial charge on any atom is 0.188 e. The summed E-state index contributed by atoms with van der Waals surface area (Å²) in [5.74, 6) is 0.660. The van der Waals surface area contributed by atoms with Crippen LogP contribution in [0.1, 0.15) is 17.7 Å². The number of pyridine rings is 1. The summed E-state index contributed by atoms with van der Waals surface area (Å²) in [7, 11) is 0. The number of oxime groups is 1. The van der Waals surface area contributed by atoms with E-state index in [4.69, 9.17) is 15.7 Å². The Labute approximate surface area is 117 Å². The molecule has 0 radical (unpaired) electrons. The van der Waals surface area contributed by atoms with Gasteiger partial charge >= 0.3 is 0 Å². The molecule has 104 valence electrons. The van der Waals surface area contributed by atoms with Crippen molar-refractivity contribution in [2.45, 2.75) is 12.8 Å². The highest BCUT2D eigenvalue weighted by Crippen LogP contribution is 2.10. The third-order valence-electron chi connectivity index (χ3n) is 2.83. The van der Waals surface area contributed by atoms with E-state index in [1.54, 1.807) is 18.3 Å². The van der Waals surface area contributed by atoms with Crippen LogP contribution in [-0.2, 0) is 6.42 Å². The van der Waals surface area contributed by atoms with Crippen LogP contribution in [0.3, 0.4) is 0 Å². The predicted molar refractivity (Wildman–Crippen MR) is 77.0 cm³/mol. The van der Waals surface area contributed by atoms with Crippen molar-refractivity contribution >= 4 is 5.84 Å². The van der Waals surface area contributed by atoms with Crippen molar-refractivity contribution in [3.8, 4) is 5.75 Å². The zero-order valence-electron chi connectivity index (χ0n) is 11.1. The Balaban J connectivity index is 1.77. The number of amidine groups is 1. The second-order valence-corrected chi connectivity index (χ2v) is 4.30. The summed E-state index contributed by atoms with van der Waals surface area (Å²) in [5.41, 5.74) is 7.15. The minimum absolute atomic E-state index is 0.0133. The Kier molecular flexibility index (Phi) is 4.94. The molecule has 0 atom stereocenters. The first kappa shape index (κ1) is 13.9. The SMILES string of the molecule is N/C(=N/O)c1ccc(OCCCc2ccccc2)cn1. The van der Waals surface area contributed by atoms with E-state index >= 15 is 0 Å². The van der Waals surface area contributed by atoms with E-state index in [-0.39, 0.29) is 5.84 Å². The van der Waals surface area contributed by atoms with Crippen LogP contribution >= 0.6 is 0 Å². The first-order valence-electron chi connectivity index (χ1n) is 6.40. The van der Waals surface area contributed by atoms with Gasteiger partial charge in [-0.2, -0.15) is 0 Å². The average molecular weight is 271 g/mol. The molecule has 0 spiro atoms. The van der Waals surface area contributed by atoms with Crippen LogP contribution in [0.5, 0.6) is 5.75 Å². The fourth-order valence-corrected chi connectivity index (χ4v) is 1.78. The standard InChI is InChI=1S/C15H17N3O2/c16-15(18-19)14-9-8-13(11-17-14)20-10-4-7-12-5-2-1-3-6-12/h1-3,5-6,8-9,11,19H,4,7,10H2,(H2,16,18). The number of hydrogen-bond acceptors (Lipinski definition) is 4. The Morgan fingerprint density at radius 1 is 1.20 bits per heavy atom. The summed E-state index contributed by atoms with van der Waals surface area (Å²) in [6, 6.07) is 13.7. The maximum absolute atomic E-state index is 8.53. The molecule has 0 saturated heterocycles. The molecule has 0 aliphatic carbocycles. The van der Waals surface area contributed by atoms with Gasteiger partial charge in [-0.1, -0.05) is 35.5 Å². The predicted octanol–water partition coefficient (Wildman–Crippen LogP) is 2.19. The largest absolute Gasteiger partial charge is 0.492 e. The molecular formula is C15H17N3O2. The van der Waals surface area contributed by atoms with Gasteiger partial charge in [-0.3, -0.25) is 0 Å². The van der Waals surface area contributed by atoms with Crippen LogP contribution in [-0.4, -0.2) is 22.6 Å². The summed E-state index contributed by atoms with van der Waals surface area (Å²) >= 11 is 0. The van der Waals surface area contributed by atoms with Gasteiger partial charge in [-0.25, -0.2) is 4.98 Å².